The second-order valence-corrected chi connectivity index (χ2v) is 15.5. The fraction of sp³-hybridized carbons (Fsp3) is 0.0690. The Bertz CT molecular complexity index is 2490. The smallest absolute Gasteiger partial charge is 0.0340 e. The van der Waals surface area contributed by atoms with Crippen LogP contribution in [-0.2, 0) is 0 Å². The van der Waals surface area contributed by atoms with Gasteiger partial charge in [-0.3, -0.25) is 0 Å². The first-order chi connectivity index (χ1) is 28.6. The highest BCUT2D eigenvalue weighted by Gasteiger charge is 2.19. The van der Waals surface area contributed by atoms with E-state index in [1.165, 1.54) is 89.0 Å². The molecule has 0 aromatic heterocycles. The van der Waals surface area contributed by atoms with E-state index in [2.05, 4.69) is 244 Å². The maximum Gasteiger partial charge on any atom is 0.0340 e. The molecule has 0 aliphatic rings. The molecule has 0 spiro atoms. The summed E-state index contributed by atoms with van der Waals surface area (Å²) in [5.41, 5.74) is 20.1. The van der Waals surface area contributed by atoms with Crippen LogP contribution in [0.3, 0.4) is 0 Å². The van der Waals surface area contributed by atoms with E-state index in [0.717, 1.165) is 0 Å². The standard InChI is InChI=1S/C58H46/c1-41-13-17-51(18-14-41)57(53-33-25-45(26-34-53)43-9-5-3-6-10-43)55-37-29-49(30-38-55)47-21-23-48(24-22-47)50-31-39-56(40-32-50)58(52-19-15-42(2)16-20-52)54-35-27-46(28-36-54)44-11-7-4-8-12-44/h3-40,57-58H,1-2H3. The van der Waals surface area contributed by atoms with Gasteiger partial charge in [0, 0.05) is 11.8 Å². The van der Waals surface area contributed by atoms with Crippen LogP contribution >= 0.6 is 0 Å². The van der Waals surface area contributed by atoms with Gasteiger partial charge < -0.3 is 0 Å². The second kappa shape index (κ2) is 16.6. The van der Waals surface area contributed by atoms with Gasteiger partial charge in [-0.05, 0) is 91.7 Å². The molecule has 2 unspecified atom stereocenters. The van der Waals surface area contributed by atoms with Gasteiger partial charge in [-0.25, -0.2) is 0 Å². The summed E-state index contributed by atoms with van der Waals surface area (Å²) in [7, 11) is 0. The van der Waals surface area contributed by atoms with E-state index in [1.54, 1.807) is 0 Å². The molecule has 9 aromatic rings. The number of aryl methyl sites for hydroxylation is 2. The summed E-state index contributed by atoms with van der Waals surface area (Å²) < 4.78 is 0. The van der Waals surface area contributed by atoms with E-state index in [4.69, 9.17) is 0 Å². The van der Waals surface area contributed by atoms with E-state index in [9.17, 15) is 0 Å². The van der Waals surface area contributed by atoms with E-state index in [0.29, 0.717) is 0 Å². The fourth-order valence-corrected chi connectivity index (χ4v) is 8.26. The zero-order chi connectivity index (χ0) is 39.3. The summed E-state index contributed by atoms with van der Waals surface area (Å²) in [6.45, 7) is 4.30. The molecule has 0 aliphatic heterocycles. The lowest BCUT2D eigenvalue weighted by Crippen LogP contribution is -2.03. The highest BCUT2D eigenvalue weighted by atomic mass is 14.2. The Labute approximate surface area is 343 Å². The third kappa shape index (κ3) is 7.97. The Balaban J connectivity index is 0.953. The highest BCUT2D eigenvalue weighted by molar-refractivity contribution is 5.72. The first-order valence-electron chi connectivity index (χ1n) is 20.3. The lowest BCUT2D eigenvalue weighted by atomic mass is 9.83. The summed E-state index contributed by atoms with van der Waals surface area (Å²) >= 11 is 0. The average Bonchev–Trinajstić information content (AvgIpc) is 3.29. The lowest BCUT2D eigenvalue weighted by Gasteiger charge is -2.20. The minimum atomic E-state index is 0.143. The molecule has 0 N–H and O–H groups in total. The molecule has 9 rings (SSSR count). The van der Waals surface area contributed by atoms with Crippen LogP contribution in [0.5, 0.6) is 0 Å². The molecule has 0 nitrogen and oxygen atoms in total. The fourth-order valence-electron chi connectivity index (χ4n) is 8.26. The number of hydrogen-bond acceptors (Lipinski definition) is 0. The van der Waals surface area contributed by atoms with Crippen LogP contribution in [0, 0.1) is 13.8 Å². The molecule has 278 valence electrons. The SMILES string of the molecule is Cc1ccc(C(c2ccc(-c3ccccc3)cc2)c2ccc(-c3ccc(-c4ccc(C(c5ccc(C)cc5)c5ccc(-c6ccccc6)cc5)cc4)cc3)cc2)cc1. The monoisotopic (exact) mass is 742 g/mol. The zero-order valence-electron chi connectivity index (χ0n) is 33.1. The van der Waals surface area contributed by atoms with Crippen molar-refractivity contribution < 1.29 is 0 Å². The van der Waals surface area contributed by atoms with E-state index in [-0.39, 0.29) is 11.8 Å². The number of benzene rings is 9. The third-order valence-electron chi connectivity index (χ3n) is 11.6. The molecule has 0 heterocycles. The van der Waals surface area contributed by atoms with Crippen molar-refractivity contribution in [2.45, 2.75) is 25.7 Å². The molecule has 0 bridgehead atoms. The van der Waals surface area contributed by atoms with Crippen molar-refractivity contribution in [3.8, 4) is 44.5 Å². The minimum absolute atomic E-state index is 0.143. The summed E-state index contributed by atoms with van der Waals surface area (Å²) in [5.74, 6) is 0.285. The van der Waals surface area contributed by atoms with Crippen molar-refractivity contribution >= 4 is 0 Å². The largest absolute Gasteiger partial charge is 0.0622 e. The van der Waals surface area contributed by atoms with Crippen molar-refractivity contribution in [2.75, 3.05) is 0 Å². The van der Waals surface area contributed by atoms with Crippen LogP contribution < -0.4 is 0 Å². The number of hydrogen-bond donors (Lipinski definition) is 0. The predicted octanol–water partition coefficient (Wildman–Crippen LogP) is 15.3. The molecule has 0 fully saturated rings. The Hall–Kier alpha value is -7.02. The Morgan fingerprint density at radius 1 is 0.190 bits per heavy atom. The van der Waals surface area contributed by atoms with Crippen molar-refractivity contribution in [3.63, 3.8) is 0 Å². The van der Waals surface area contributed by atoms with Crippen LogP contribution in [0.4, 0.5) is 0 Å². The Kier molecular flexibility index (Phi) is 10.5. The molecule has 58 heavy (non-hydrogen) atoms. The van der Waals surface area contributed by atoms with Gasteiger partial charge in [0.15, 0.2) is 0 Å². The first-order valence-corrected chi connectivity index (χ1v) is 20.3. The van der Waals surface area contributed by atoms with E-state index < -0.39 is 0 Å². The van der Waals surface area contributed by atoms with Gasteiger partial charge in [-0.2, -0.15) is 0 Å². The molecular formula is C58H46. The molecule has 9 aromatic carbocycles. The first kappa shape index (κ1) is 36.6. The predicted molar refractivity (Wildman–Crippen MR) is 245 cm³/mol. The molecule has 0 aliphatic carbocycles. The lowest BCUT2D eigenvalue weighted by molar-refractivity contribution is 0.976. The summed E-state index contributed by atoms with van der Waals surface area (Å²) in [5, 5.41) is 0. The second-order valence-electron chi connectivity index (χ2n) is 15.5. The highest BCUT2D eigenvalue weighted by Crippen LogP contribution is 2.37. The van der Waals surface area contributed by atoms with Gasteiger partial charge in [-0.15, -0.1) is 0 Å². The minimum Gasteiger partial charge on any atom is -0.0622 e. The molecular weight excluding hydrogens is 697 g/mol. The van der Waals surface area contributed by atoms with Crippen molar-refractivity contribution in [1.82, 2.24) is 0 Å². The third-order valence-corrected chi connectivity index (χ3v) is 11.6. The summed E-state index contributed by atoms with van der Waals surface area (Å²) in [4.78, 5) is 0. The topological polar surface area (TPSA) is 0 Å². The maximum atomic E-state index is 2.30. The van der Waals surface area contributed by atoms with Gasteiger partial charge >= 0.3 is 0 Å². The van der Waals surface area contributed by atoms with Crippen LogP contribution in [0.25, 0.3) is 44.5 Å². The molecule has 0 saturated carbocycles. The van der Waals surface area contributed by atoms with Crippen molar-refractivity contribution in [1.29, 1.82) is 0 Å². The Morgan fingerprint density at radius 2 is 0.362 bits per heavy atom. The van der Waals surface area contributed by atoms with Crippen LogP contribution in [0.1, 0.15) is 56.3 Å². The van der Waals surface area contributed by atoms with E-state index >= 15 is 0 Å². The van der Waals surface area contributed by atoms with Crippen molar-refractivity contribution in [3.05, 3.63) is 275 Å². The van der Waals surface area contributed by atoms with E-state index in [1.807, 2.05) is 0 Å². The average molecular weight is 743 g/mol. The van der Waals surface area contributed by atoms with Crippen LogP contribution in [0.15, 0.2) is 231 Å². The normalized spacial score (nSPS) is 12.2. The maximum absolute atomic E-state index is 2.30. The number of rotatable bonds is 10. The summed E-state index contributed by atoms with van der Waals surface area (Å²) in [6.07, 6.45) is 0. The molecule has 0 radical (unpaired) electrons. The van der Waals surface area contributed by atoms with Gasteiger partial charge in [0.25, 0.3) is 0 Å². The summed E-state index contributed by atoms with van der Waals surface area (Å²) in [6, 6.07) is 84.7. The van der Waals surface area contributed by atoms with Crippen molar-refractivity contribution in [2.24, 2.45) is 0 Å². The van der Waals surface area contributed by atoms with Gasteiger partial charge in [0.05, 0.1) is 0 Å². The molecule has 0 saturated heterocycles. The van der Waals surface area contributed by atoms with Crippen LogP contribution in [-0.4, -0.2) is 0 Å². The van der Waals surface area contributed by atoms with Gasteiger partial charge in [0.1, 0.15) is 0 Å². The molecule has 2 atom stereocenters. The quantitative estimate of drug-likeness (QED) is 0.122. The molecule has 0 heteroatoms. The van der Waals surface area contributed by atoms with Gasteiger partial charge in [0.2, 0.25) is 0 Å². The van der Waals surface area contributed by atoms with Crippen LogP contribution in [0.2, 0.25) is 0 Å². The molecule has 0 amide bonds. The van der Waals surface area contributed by atoms with Gasteiger partial charge in [-0.1, -0.05) is 242 Å². The Morgan fingerprint density at radius 3 is 0.586 bits per heavy atom. The zero-order valence-corrected chi connectivity index (χ0v) is 33.1.